The Labute approximate surface area is 181 Å². The Morgan fingerprint density at radius 2 is 1.93 bits per heavy atom. The van der Waals surface area contributed by atoms with E-state index in [2.05, 4.69) is 30.0 Å². The minimum Gasteiger partial charge on any atom is -0.496 e. The van der Waals surface area contributed by atoms with Gasteiger partial charge in [0.2, 0.25) is 0 Å². The summed E-state index contributed by atoms with van der Waals surface area (Å²) in [5.41, 5.74) is 3.71. The molecule has 1 saturated heterocycles. The summed E-state index contributed by atoms with van der Waals surface area (Å²) in [6.45, 7) is 6.22. The summed E-state index contributed by atoms with van der Waals surface area (Å²) in [7, 11) is 5.64. The molecule has 0 unspecified atom stereocenters. The fourth-order valence-electron chi connectivity index (χ4n) is 3.89. The molecule has 0 N–H and O–H groups in total. The van der Waals surface area contributed by atoms with Gasteiger partial charge in [-0.3, -0.25) is 9.69 Å². The molecule has 6 heteroatoms. The number of benzene rings is 2. The molecule has 0 atom stereocenters. The van der Waals surface area contributed by atoms with E-state index in [1.165, 1.54) is 5.56 Å². The second kappa shape index (κ2) is 8.76. The van der Waals surface area contributed by atoms with Gasteiger partial charge in [0.25, 0.3) is 0 Å². The average molecular weight is 425 g/mol. The van der Waals surface area contributed by atoms with Crippen LogP contribution >= 0.6 is 11.3 Å². The van der Waals surface area contributed by atoms with Gasteiger partial charge in [-0.15, -0.1) is 11.3 Å². The highest BCUT2D eigenvalue weighted by Gasteiger charge is 2.23. The molecule has 3 aromatic rings. The minimum atomic E-state index is 0.0324. The molecule has 0 saturated carbocycles. The molecular weight excluding hydrogens is 396 g/mol. The van der Waals surface area contributed by atoms with Crippen LogP contribution in [0.25, 0.3) is 10.1 Å². The molecule has 1 fully saturated rings. The van der Waals surface area contributed by atoms with Crippen molar-refractivity contribution in [2.75, 3.05) is 52.4 Å². The minimum absolute atomic E-state index is 0.0324. The van der Waals surface area contributed by atoms with Crippen molar-refractivity contribution in [3.8, 4) is 5.75 Å². The molecule has 0 aliphatic carbocycles. The number of hydrogen-bond acceptors (Lipinski definition) is 6. The number of ether oxygens (including phenoxy) is 2. The standard InChI is InChI=1S/C24H28N2O3S/c1-16-5-8-19-21(13-16)30-24(25(2)3)22(19)23(27)17-6-7-18(20(14-17)28-4)15-26-9-11-29-12-10-26/h5-8,13-14H,9-12,15H2,1-4H3. The summed E-state index contributed by atoms with van der Waals surface area (Å²) in [6, 6.07) is 12.1. The zero-order chi connectivity index (χ0) is 21.3. The lowest BCUT2D eigenvalue weighted by Crippen LogP contribution is -2.35. The second-order valence-electron chi connectivity index (χ2n) is 7.92. The lowest BCUT2D eigenvalue weighted by Gasteiger charge is -2.27. The highest BCUT2D eigenvalue weighted by atomic mass is 32.1. The number of ketones is 1. The van der Waals surface area contributed by atoms with Crippen molar-refractivity contribution in [3.05, 3.63) is 58.7 Å². The number of carbonyl (C=O) groups is 1. The van der Waals surface area contributed by atoms with Gasteiger partial charge >= 0.3 is 0 Å². The first-order valence-electron chi connectivity index (χ1n) is 10.2. The van der Waals surface area contributed by atoms with Gasteiger partial charge in [-0.2, -0.15) is 0 Å². The van der Waals surface area contributed by atoms with E-state index < -0.39 is 0 Å². The van der Waals surface area contributed by atoms with Crippen molar-refractivity contribution in [3.63, 3.8) is 0 Å². The smallest absolute Gasteiger partial charge is 0.196 e. The van der Waals surface area contributed by atoms with E-state index in [1.54, 1.807) is 18.4 Å². The maximum atomic E-state index is 13.6. The van der Waals surface area contributed by atoms with Crippen LogP contribution in [0.3, 0.4) is 0 Å². The van der Waals surface area contributed by atoms with Crippen LogP contribution in [0.1, 0.15) is 27.0 Å². The van der Waals surface area contributed by atoms with Gasteiger partial charge < -0.3 is 14.4 Å². The van der Waals surface area contributed by atoms with Crippen LogP contribution in [0.2, 0.25) is 0 Å². The van der Waals surface area contributed by atoms with Crippen LogP contribution in [0.4, 0.5) is 5.00 Å². The van der Waals surface area contributed by atoms with Crippen LogP contribution in [-0.4, -0.2) is 58.2 Å². The van der Waals surface area contributed by atoms with Crippen LogP contribution < -0.4 is 9.64 Å². The third-order valence-electron chi connectivity index (χ3n) is 5.51. The first-order valence-corrected chi connectivity index (χ1v) is 11.0. The number of aryl methyl sites for hydroxylation is 1. The van der Waals surface area contributed by atoms with Gasteiger partial charge in [0.15, 0.2) is 5.78 Å². The summed E-state index contributed by atoms with van der Waals surface area (Å²) in [5.74, 6) is 0.791. The Balaban J connectivity index is 1.70. The number of methoxy groups -OCH3 is 1. The zero-order valence-corrected chi connectivity index (χ0v) is 18.8. The van der Waals surface area contributed by atoms with Gasteiger partial charge in [0.1, 0.15) is 10.8 Å². The normalized spacial score (nSPS) is 14.8. The quantitative estimate of drug-likeness (QED) is 0.551. The van der Waals surface area contributed by atoms with Crippen LogP contribution in [-0.2, 0) is 11.3 Å². The molecule has 30 heavy (non-hydrogen) atoms. The first-order chi connectivity index (χ1) is 14.5. The van der Waals surface area contributed by atoms with Crippen molar-refractivity contribution in [2.24, 2.45) is 0 Å². The maximum Gasteiger partial charge on any atom is 0.196 e. The number of anilines is 1. The Morgan fingerprint density at radius 1 is 1.17 bits per heavy atom. The molecule has 0 radical (unpaired) electrons. The van der Waals surface area contributed by atoms with Gasteiger partial charge in [0, 0.05) is 54.9 Å². The monoisotopic (exact) mass is 424 g/mol. The summed E-state index contributed by atoms with van der Waals surface area (Å²) in [4.78, 5) is 18.0. The number of fused-ring (bicyclic) bond motifs is 1. The molecule has 5 nitrogen and oxygen atoms in total. The fraction of sp³-hybridized carbons (Fsp3) is 0.375. The predicted octanol–water partition coefficient (Wildman–Crippen LogP) is 4.35. The van der Waals surface area contributed by atoms with E-state index >= 15 is 0 Å². The topological polar surface area (TPSA) is 42.0 Å². The van der Waals surface area contributed by atoms with Gasteiger partial charge in [-0.1, -0.05) is 24.3 Å². The molecule has 0 spiro atoms. The Morgan fingerprint density at radius 3 is 2.63 bits per heavy atom. The number of thiophene rings is 1. The summed E-state index contributed by atoms with van der Waals surface area (Å²) < 4.78 is 12.2. The van der Waals surface area contributed by atoms with Crippen molar-refractivity contribution < 1.29 is 14.3 Å². The highest BCUT2D eigenvalue weighted by Crippen LogP contribution is 2.39. The maximum absolute atomic E-state index is 13.6. The van der Waals surface area contributed by atoms with Gasteiger partial charge in [-0.05, 0) is 24.6 Å². The van der Waals surface area contributed by atoms with Crippen LogP contribution in [0.15, 0.2) is 36.4 Å². The van der Waals surface area contributed by atoms with E-state index in [1.807, 2.05) is 37.2 Å². The van der Waals surface area contributed by atoms with Gasteiger partial charge in [0.05, 0.1) is 25.9 Å². The molecule has 2 aromatic carbocycles. The lowest BCUT2D eigenvalue weighted by molar-refractivity contribution is 0.0339. The van der Waals surface area contributed by atoms with E-state index in [4.69, 9.17) is 9.47 Å². The molecule has 2 heterocycles. The van der Waals surface area contributed by atoms with Crippen LogP contribution in [0, 0.1) is 6.92 Å². The number of rotatable bonds is 6. The molecule has 4 rings (SSSR count). The molecule has 0 bridgehead atoms. The molecule has 1 aromatic heterocycles. The highest BCUT2D eigenvalue weighted by molar-refractivity contribution is 7.23. The lowest BCUT2D eigenvalue weighted by atomic mass is 9.99. The number of nitrogens with zero attached hydrogens (tertiary/aromatic N) is 2. The summed E-state index contributed by atoms with van der Waals surface area (Å²) in [5, 5.41) is 1.99. The number of carbonyl (C=O) groups excluding carboxylic acids is 1. The third kappa shape index (κ3) is 4.08. The van der Waals surface area contributed by atoms with Crippen molar-refractivity contribution in [1.29, 1.82) is 0 Å². The number of morpholine rings is 1. The number of hydrogen-bond donors (Lipinski definition) is 0. The van der Waals surface area contributed by atoms with E-state index in [9.17, 15) is 4.79 Å². The van der Waals surface area contributed by atoms with Crippen molar-refractivity contribution in [1.82, 2.24) is 4.90 Å². The Bertz CT molecular complexity index is 1070. The van der Waals surface area contributed by atoms with Gasteiger partial charge in [-0.25, -0.2) is 0 Å². The molecule has 1 aliphatic rings. The molecule has 1 aliphatic heterocycles. The average Bonchev–Trinajstić information content (AvgIpc) is 3.13. The largest absolute Gasteiger partial charge is 0.496 e. The molecule has 0 amide bonds. The van der Waals surface area contributed by atoms with E-state index in [-0.39, 0.29) is 5.78 Å². The Kier molecular flexibility index (Phi) is 6.09. The molecular formula is C24H28N2O3S. The van der Waals surface area contributed by atoms with Crippen molar-refractivity contribution >= 4 is 32.2 Å². The first kappa shape index (κ1) is 20.8. The zero-order valence-electron chi connectivity index (χ0n) is 18.0. The van der Waals surface area contributed by atoms with Crippen molar-refractivity contribution in [2.45, 2.75) is 13.5 Å². The summed E-state index contributed by atoms with van der Waals surface area (Å²) in [6.07, 6.45) is 0. The van der Waals surface area contributed by atoms with Crippen LogP contribution in [0.5, 0.6) is 5.75 Å². The predicted molar refractivity (Wildman–Crippen MR) is 123 cm³/mol. The molecule has 158 valence electrons. The summed E-state index contributed by atoms with van der Waals surface area (Å²) >= 11 is 1.66. The third-order valence-corrected chi connectivity index (χ3v) is 6.83. The Hall–Kier alpha value is -2.41. The SMILES string of the molecule is COc1cc(C(=O)c2c(N(C)C)sc3cc(C)ccc23)ccc1CN1CCOCC1. The van der Waals surface area contributed by atoms with E-state index in [0.29, 0.717) is 5.56 Å². The fourth-order valence-corrected chi connectivity index (χ4v) is 5.11. The second-order valence-corrected chi connectivity index (χ2v) is 8.95. The van der Waals surface area contributed by atoms with E-state index in [0.717, 1.165) is 64.8 Å².